The number of anilines is 1. The van der Waals surface area contributed by atoms with Crippen LogP contribution in [0.25, 0.3) is 11.5 Å². The third-order valence-electron chi connectivity index (χ3n) is 4.57. The number of hydrogen-bond acceptors (Lipinski definition) is 6. The van der Waals surface area contributed by atoms with E-state index in [1.165, 1.54) is 12.1 Å². The van der Waals surface area contributed by atoms with Crippen molar-refractivity contribution in [2.24, 2.45) is 0 Å². The van der Waals surface area contributed by atoms with Crippen LogP contribution in [-0.4, -0.2) is 15.1 Å². The van der Waals surface area contributed by atoms with E-state index in [-0.39, 0.29) is 28.7 Å². The molecule has 1 aromatic heterocycles. The molecule has 0 bridgehead atoms. The largest absolute Gasteiger partial charge is 0.418 e. The summed E-state index contributed by atoms with van der Waals surface area (Å²) in [4.78, 5) is 11.0. The van der Waals surface area contributed by atoms with Crippen molar-refractivity contribution in [3.05, 3.63) is 106 Å². The molecule has 7 nitrogen and oxygen atoms in total. The highest BCUT2D eigenvalue weighted by Crippen LogP contribution is 2.33. The molecule has 0 radical (unpaired) electrons. The smallest absolute Gasteiger partial charge is 0.292 e. The quantitative estimate of drug-likeness (QED) is 0.346. The second kappa shape index (κ2) is 8.12. The number of aromatic nitrogens is 2. The second-order valence-corrected chi connectivity index (χ2v) is 6.69. The molecule has 0 spiro atoms. The molecule has 0 saturated heterocycles. The Labute approximate surface area is 171 Å². The van der Waals surface area contributed by atoms with E-state index in [0.717, 1.165) is 5.56 Å². The summed E-state index contributed by atoms with van der Waals surface area (Å²) in [6.07, 6.45) is 0. The van der Waals surface area contributed by atoms with Gasteiger partial charge >= 0.3 is 0 Å². The number of nitrogens with one attached hydrogen (secondary N) is 1. The van der Waals surface area contributed by atoms with E-state index in [2.05, 4.69) is 15.5 Å². The predicted molar refractivity (Wildman–Crippen MR) is 109 cm³/mol. The molecule has 4 rings (SSSR count). The summed E-state index contributed by atoms with van der Waals surface area (Å²) in [5.41, 5.74) is 1.77. The highest BCUT2D eigenvalue weighted by atomic mass is 19.1. The molecule has 150 valence electrons. The molecule has 0 aliphatic heterocycles. The maximum atomic E-state index is 14.6. The molecule has 3 aromatic carbocycles. The SMILES string of the molecule is Cc1ccc(N[C@@H](c2nnc(-c3ccccc3)o2)c2ccccc2F)c([N+](=O)[O-])c1. The van der Waals surface area contributed by atoms with E-state index in [1.807, 2.05) is 30.3 Å². The van der Waals surface area contributed by atoms with Crippen molar-refractivity contribution >= 4 is 11.4 Å². The minimum atomic E-state index is -0.919. The molecule has 1 atom stereocenters. The average Bonchev–Trinajstić information content (AvgIpc) is 3.24. The maximum absolute atomic E-state index is 14.6. The Morgan fingerprint density at radius 3 is 2.50 bits per heavy atom. The van der Waals surface area contributed by atoms with Gasteiger partial charge in [-0.05, 0) is 36.8 Å². The van der Waals surface area contributed by atoms with Crippen LogP contribution in [-0.2, 0) is 0 Å². The number of nitrogens with zero attached hydrogens (tertiary/aromatic N) is 3. The minimum Gasteiger partial charge on any atom is -0.418 e. The lowest BCUT2D eigenvalue weighted by Crippen LogP contribution is -2.15. The number of nitro groups is 1. The van der Waals surface area contributed by atoms with Gasteiger partial charge in [0, 0.05) is 17.2 Å². The van der Waals surface area contributed by atoms with E-state index in [0.29, 0.717) is 5.56 Å². The third kappa shape index (κ3) is 3.88. The van der Waals surface area contributed by atoms with Gasteiger partial charge in [0.25, 0.3) is 5.69 Å². The van der Waals surface area contributed by atoms with Crippen LogP contribution in [0.3, 0.4) is 0 Å². The maximum Gasteiger partial charge on any atom is 0.292 e. The Bertz CT molecular complexity index is 1190. The summed E-state index contributed by atoms with van der Waals surface area (Å²) in [5.74, 6) is -0.134. The molecule has 0 unspecified atom stereocenters. The molecule has 8 heteroatoms. The lowest BCUT2D eigenvalue weighted by Gasteiger charge is -2.18. The molecule has 1 N–H and O–H groups in total. The first-order chi connectivity index (χ1) is 14.5. The second-order valence-electron chi connectivity index (χ2n) is 6.69. The number of nitro benzene ring substituents is 1. The van der Waals surface area contributed by atoms with Gasteiger partial charge in [0.2, 0.25) is 11.8 Å². The van der Waals surface area contributed by atoms with Gasteiger partial charge in [0.15, 0.2) is 0 Å². The van der Waals surface area contributed by atoms with E-state index in [4.69, 9.17) is 4.42 Å². The van der Waals surface area contributed by atoms with Crippen LogP contribution in [0.15, 0.2) is 77.2 Å². The van der Waals surface area contributed by atoms with E-state index in [1.54, 1.807) is 37.3 Å². The fourth-order valence-corrected chi connectivity index (χ4v) is 3.10. The normalized spacial score (nSPS) is 11.8. The first-order valence-corrected chi connectivity index (χ1v) is 9.18. The fourth-order valence-electron chi connectivity index (χ4n) is 3.10. The zero-order valence-electron chi connectivity index (χ0n) is 15.9. The van der Waals surface area contributed by atoms with E-state index < -0.39 is 16.8 Å². The summed E-state index contributed by atoms with van der Waals surface area (Å²) >= 11 is 0. The first-order valence-electron chi connectivity index (χ1n) is 9.18. The topological polar surface area (TPSA) is 94.1 Å². The van der Waals surface area contributed by atoms with Crippen molar-refractivity contribution in [3.8, 4) is 11.5 Å². The number of rotatable bonds is 6. The monoisotopic (exact) mass is 404 g/mol. The first kappa shape index (κ1) is 19.3. The zero-order chi connectivity index (χ0) is 21.1. The molecule has 1 heterocycles. The van der Waals surface area contributed by atoms with Crippen molar-refractivity contribution in [1.82, 2.24) is 10.2 Å². The van der Waals surface area contributed by atoms with Crippen LogP contribution < -0.4 is 5.32 Å². The molecular formula is C22H17FN4O3. The number of aryl methyl sites for hydroxylation is 1. The van der Waals surface area contributed by atoms with Crippen LogP contribution in [0.2, 0.25) is 0 Å². The van der Waals surface area contributed by atoms with Crippen molar-refractivity contribution in [2.75, 3.05) is 5.32 Å². The van der Waals surface area contributed by atoms with Gasteiger partial charge in [-0.3, -0.25) is 10.1 Å². The lowest BCUT2D eigenvalue weighted by atomic mass is 10.0. The highest BCUT2D eigenvalue weighted by Gasteiger charge is 2.27. The van der Waals surface area contributed by atoms with Gasteiger partial charge in [-0.2, -0.15) is 0 Å². The van der Waals surface area contributed by atoms with Gasteiger partial charge in [0.1, 0.15) is 17.5 Å². The van der Waals surface area contributed by atoms with Crippen molar-refractivity contribution in [3.63, 3.8) is 0 Å². The Balaban J connectivity index is 1.79. The van der Waals surface area contributed by atoms with Gasteiger partial charge < -0.3 is 9.73 Å². The summed E-state index contributed by atoms with van der Waals surface area (Å²) < 4.78 is 20.4. The van der Waals surface area contributed by atoms with Crippen LogP contribution in [0.5, 0.6) is 0 Å². The predicted octanol–water partition coefficient (Wildman–Crippen LogP) is 5.29. The summed E-state index contributed by atoms with van der Waals surface area (Å²) in [7, 11) is 0. The molecule has 0 fully saturated rings. The average molecular weight is 404 g/mol. The zero-order valence-corrected chi connectivity index (χ0v) is 15.9. The van der Waals surface area contributed by atoms with Gasteiger partial charge in [-0.15, -0.1) is 10.2 Å². The molecule has 0 amide bonds. The van der Waals surface area contributed by atoms with Gasteiger partial charge in [-0.25, -0.2) is 4.39 Å². The molecular weight excluding hydrogens is 387 g/mol. The van der Waals surface area contributed by atoms with Crippen molar-refractivity contribution < 1.29 is 13.7 Å². The summed E-state index contributed by atoms with van der Waals surface area (Å²) in [6, 6.07) is 19.1. The fraction of sp³-hybridized carbons (Fsp3) is 0.0909. The molecule has 0 aliphatic carbocycles. The van der Waals surface area contributed by atoms with Crippen molar-refractivity contribution in [2.45, 2.75) is 13.0 Å². The Hall–Kier alpha value is -4.07. The third-order valence-corrected chi connectivity index (χ3v) is 4.57. The van der Waals surface area contributed by atoms with Crippen LogP contribution in [0, 0.1) is 22.9 Å². The number of hydrogen-bond donors (Lipinski definition) is 1. The summed E-state index contributed by atoms with van der Waals surface area (Å²) in [5, 5.41) is 22.7. The van der Waals surface area contributed by atoms with E-state index in [9.17, 15) is 14.5 Å². The lowest BCUT2D eigenvalue weighted by molar-refractivity contribution is -0.384. The standard InChI is InChI=1S/C22H17FN4O3/c1-14-11-12-18(19(13-14)27(28)29)24-20(16-9-5-6-10-17(16)23)22-26-25-21(30-22)15-7-3-2-4-8-15/h2-13,20,24H,1H3/t20-/m1/s1. The number of benzene rings is 3. The highest BCUT2D eigenvalue weighted by molar-refractivity contribution is 5.64. The van der Waals surface area contributed by atoms with Crippen LogP contribution in [0.1, 0.15) is 23.1 Å². The van der Waals surface area contributed by atoms with Crippen LogP contribution >= 0.6 is 0 Å². The minimum absolute atomic E-state index is 0.0915. The van der Waals surface area contributed by atoms with Crippen LogP contribution in [0.4, 0.5) is 15.8 Å². The molecule has 0 saturated carbocycles. The molecule has 30 heavy (non-hydrogen) atoms. The Kier molecular flexibility index (Phi) is 5.21. The molecule has 0 aliphatic rings. The van der Waals surface area contributed by atoms with Crippen molar-refractivity contribution in [1.29, 1.82) is 0 Å². The van der Waals surface area contributed by atoms with Gasteiger partial charge in [-0.1, -0.05) is 42.5 Å². The Morgan fingerprint density at radius 1 is 1.03 bits per heavy atom. The molecule has 4 aromatic rings. The Morgan fingerprint density at radius 2 is 1.77 bits per heavy atom. The number of halogens is 1. The van der Waals surface area contributed by atoms with E-state index >= 15 is 0 Å². The summed E-state index contributed by atoms with van der Waals surface area (Å²) in [6.45, 7) is 1.76. The van der Waals surface area contributed by atoms with Gasteiger partial charge in [0.05, 0.1) is 4.92 Å².